The minimum absolute atomic E-state index is 0.0131. The van der Waals surface area contributed by atoms with Gasteiger partial charge in [0.2, 0.25) is 0 Å². The maximum atomic E-state index is 14.0. The number of nitrogens with one attached hydrogen (secondary N) is 1. The molecule has 2 aromatic heterocycles. The number of aromatic nitrogens is 4. The zero-order valence-corrected chi connectivity index (χ0v) is 21.2. The van der Waals surface area contributed by atoms with Crippen LogP contribution in [-0.4, -0.2) is 50.4 Å². The molecule has 1 saturated heterocycles. The van der Waals surface area contributed by atoms with Gasteiger partial charge in [0.05, 0.1) is 30.5 Å². The summed E-state index contributed by atoms with van der Waals surface area (Å²) in [5, 5.41) is 11.6. The number of morpholine rings is 1. The number of anilines is 1. The van der Waals surface area contributed by atoms with E-state index >= 15 is 0 Å². The first-order chi connectivity index (χ1) is 17.8. The highest BCUT2D eigenvalue weighted by Gasteiger charge is 2.35. The van der Waals surface area contributed by atoms with Crippen molar-refractivity contribution in [2.75, 3.05) is 25.0 Å². The molecule has 198 valence electrons. The second-order valence-corrected chi connectivity index (χ2v) is 10.2. The number of ether oxygens (including phenoxy) is 1. The van der Waals surface area contributed by atoms with Crippen LogP contribution in [0.2, 0.25) is 0 Å². The summed E-state index contributed by atoms with van der Waals surface area (Å²) < 4.78 is 49.4. The van der Waals surface area contributed by atoms with Crippen LogP contribution >= 0.6 is 0 Å². The molecule has 10 heteroatoms. The Kier molecular flexibility index (Phi) is 7.48. The molecule has 37 heavy (non-hydrogen) atoms. The molecule has 1 saturated carbocycles. The monoisotopic (exact) mass is 514 g/mol. The van der Waals surface area contributed by atoms with Gasteiger partial charge in [0.25, 0.3) is 0 Å². The number of rotatable bonds is 8. The largest absolute Gasteiger partial charge is 0.418 e. The number of hydrogen-bond donors (Lipinski definition) is 1. The van der Waals surface area contributed by atoms with E-state index in [0.29, 0.717) is 37.7 Å². The van der Waals surface area contributed by atoms with E-state index in [1.54, 1.807) is 12.5 Å². The Morgan fingerprint density at radius 1 is 1.22 bits per heavy atom. The van der Waals surface area contributed by atoms with Crippen molar-refractivity contribution >= 4 is 5.69 Å². The van der Waals surface area contributed by atoms with Crippen molar-refractivity contribution < 1.29 is 17.9 Å². The Bertz CT molecular complexity index is 1210. The molecule has 5 rings (SSSR count). The van der Waals surface area contributed by atoms with E-state index < -0.39 is 11.7 Å². The smallest absolute Gasteiger partial charge is 0.379 e. The fourth-order valence-corrected chi connectivity index (χ4v) is 5.31. The van der Waals surface area contributed by atoms with Crippen LogP contribution in [0.5, 0.6) is 0 Å². The number of aryl methyl sites for hydroxylation is 1. The number of benzene rings is 1. The van der Waals surface area contributed by atoms with E-state index in [1.165, 1.54) is 12.5 Å². The minimum Gasteiger partial charge on any atom is -0.379 e. The molecule has 2 fully saturated rings. The summed E-state index contributed by atoms with van der Waals surface area (Å²) in [5.41, 5.74) is 1.69. The van der Waals surface area contributed by atoms with E-state index in [9.17, 15) is 13.2 Å². The van der Waals surface area contributed by atoms with Crippen molar-refractivity contribution in [3.8, 4) is 0 Å². The molecule has 1 aliphatic heterocycles. The highest BCUT2D eigenvalue weighted by atomic mass is 19.4. The Balaban J connectivity index is 1.33. The molecule has 3 aromatic rings. The number of halogens is 3. The van der Waals surface area contributed by atoms with E-state index in [2.05, 4.69) is 31.5 Å². The molecular weight excluding hydrogens is 481 g/mol. The van der Waals surface area contributed by atoms with Gasteiger partial charge in [0.15, 0.2) is 0 Å². The Morgan fingerprint density at radius 3 is 2.73 bits per heavy atom. The lowest BCUT2D eigenvalue weighted by molar-refractivity contribution is -0.138. The first kappa shape index (κ1) is 25.7. The summed E-state index contributed by atoms with van der Waals surface area (Å²) in [6.07, 6.45) is 2.30. The molecule has 0 unspecified atom stereocenters. The van der Waals surface area contributed by atoms with Crippen LogP contribution in [-0.2, 0) is 31.1 Å². The van der Waals surface area contributed by atoms with Crippen LogP contribution in [0.15, 0.2) is 42.9 Å². The standard InChI is InChI=1S/C27H33F3N6O/c1-18-15-36(9-10-37-18)16-19-11-23(27(28,29)30)24(32-13-19)14-31-22-8-4-7-21(12-22)25(20-5-3-6-20)26-34-33-17-35(26)2/h4,7-8,11-13,17-18,20,25,31H,3,5-6,9-10,14-16H2,1-2H3/t18-,25-/m1/s1. The van der Waals surface area contributed by atoms with Gasteiger partial charge in [-0.05, 0) is 55.0 Å². The number of nitrogens with zero attached hydrogens (tertiary/aromatic N) is 5. The fourth-order valence-electron chi connectivity index (χ4n) is 5.31. The van der Waals surface area contributed by atoms with Crippen molar-refractivity contribution in [1.29, 1.82) is 0 Å². The van der Waals surface area contributed by atoms with Crippen molar-refractivity contribution in [3.05, 3.63) is 71.1 Å². The van der Waals surface area contributed by atoms with Gasteiger partial charge in [-0.3, -0.25) is 9.88 Å². The second kappa shape index (κ2) is 10.8. The molecular formula is C27H33F3N6O. The number of hydrogen-bond acceptors (Lipinski definition) is 6. The van der Waals surface area contributed by atoms with Crippen LogP contribution in [0.25, 0.3) is 0 Å². The summed E-state index contributed by atoms with van der Waals surface area (Å²) in [7, 11) is 1.94. The van der Waals surface area contributed by atoms with E-state index in [0.717, 1.165) is 29.9 Å². The zero-order chi connectivity index (χ0) is 26.0. The number of pyridine rings is 1. The predicted octanol–water partition coefficient (Wildman–Crippen LogP) is 4.99. The lowest BCUT2D eigenvalue weighted by Gasteiger charge is -2.33. The fraction of sp³-hybridized carbons (Fsp3) is 0.519. The van der Waals surface area contributed by atoms with Gasteiger partial charge >= 0.3 is 6.18 Å². The molecule has 0 amide bonds. The van der Waals surface area contributed by atoms with E-state index in [4.69, 9.17) is 4.74 Å². The van der Waals surface area contributed by atoms with E-state index in [-0.39, 0.29) is 24.3 Å². The molecule has 1 N–H and O–H groups in total. The average Bonchev–Trinajstić information content (AvgIpc) is 3.25. The normalized spacial score (nSPS) is 20.0. The summed E-state index contributed by atoms with van der Waals surface area (Å²) in [6.45, 7) is 4.34. The molecule has 0 radical (unpaired) electrons. The molecule has 0 spiro atoms. The maximum Gasteiger partial charge on any atom is 0.418 e. The van der Waals surface area contributed by atoms with Crippen LogP contribution in [0.3, 0.4) is 0 Å². The second-order valence-electron chi connectivity index (χ2n) is 10.2. The summed E-state index contributed by atoms with van der Waals surface area (Å²) >= 11 is 0. The molecule has 1 aromatic carbocycles. The predicted molar refractivity (Wildman–Crippen MR) is 134 cm³/mol. The van der Waals surface area contributed by atoms with Crippen molar-refractivity contribution in [1.82, 2.24) is 24.6 Å². The molecule has 7 nitrogen and oxygen atoms in total. The van der Waals surface area contributed by atoms with Crippen LogP contribution in [0.1, 0.15) is 60.3 Å². The van der Waals surface area contributed by atoms with Crippen molar-refractivity contribution in [2.24, 2.45) is 13.0 Å². The Labute approximate surface area is 215 Å². The SMILES string of the molecule is C[C@@H]1CN(Cc2cnc(CNc3cccc([C@H](c4nncn4C)C4CCC4)c3)c(C(F)(F)F)c2)CCO1. The third-order valence-corrected chi connectivity index (χ3v) is 7.42. The van der Waals surface area contributed by atoms with Gasteiger partial charge < -0.3 is 14.6 Å². The van der Waals surface area contributed by atoms with Gasteiger partial charge in [0, 0.05) is 44.5 Å². The first-order valence-corrected chi connectivity index (χ1v) is 12.8. The maximum absolute atomic E-state index is 14.0. The van der Waals surface area contributed by atoms with Gasteiger partial charge in [-0.25, -0.2) is 0 Å². The molecule has 0 bridgehead atoms. The highest BCUT2D eigenvalue weighted by Crippen LogP contribution is 2.43. The molecule has 2 atom stereocenters. The van der Waals surface area contributed by atoms with Gasteiger partial charge in [0.1, 0.15) is 12.2 Å². The Hall–Kier alpha value is -2.98. The lowest BCUT2D eigenvalue weighted by Crippen LogP contribution is -2.40. The van der Waals surface area contributed by atoms with Crippen LogP contribution in [0, 0.1) is 5.92 Å². The lowest BCUT2D eigenvalue weighted by atomic mass is 9.72. The Morgan fingerprint density at radius 2 is 2.05 bits per heavy atom. The molecule has 1 aliphatic carbocycles. The van der Waals surface area contributed by atoms with Crippen molar-refractivity contribution in [2.45, 2.75) is 57.5 Å². The number of alkyl halides is 3. The third-order valence-electron chi connectivity index (χ3n) is 7.42. The zero-order valence-electron chi connectivity index (χ0n) is 21.2. The van der Waals surface area contributed by atoms with Gasteiger partial charge in [-0.1, -0.05) is 18.6 Å². The molecule has 3 heterocycles. The van der Waals surface area contributed by atoms with Gasteiger partial charge in [-0.2, -0.15) is 13.2 Å². The quantitative estimate of drug-likeness (QED) is 0.457. The summed E-state index contributed by atoms with van der Waals surface area (Å²) in [5.74, 6) is 1.50. The van der Waals surface area contributed by atoms with Crippen LogP contribution in [0.4, 0.5) is 18.9 Å². The molecule has 2 aliphatic rings. The highest BCUT2D eigenvalue weighted by molar-refractivity contribution is 5.48. The van der Waals surface area contributed by atoms with Gasteiger partial charge in [-0.15, -0.1) is 10.2 Å². The minimum atomic E-state index is -4.49. The summed E-state index contributed by atoms with van der Waals surface area (Å²) in [4.78, 5) is 6.34. The van der Waals surface area contributed by atoms with Crippen molar-refractivity contribution in [3.63, 3.8) is 0 Å². The third kappa shape index (κ3) is 5.96. The van der Waals surface area contributed by atoms with E-state index in [1.807, 2.05) is 36.7 Å². The average molecular weight is 515 g/mol. The first-order valence-electron chi connectivity index (χ1n) is 12.8. The summed E-state index contributed by atoms with van der Waals surface area (Å²) in [6, 6.07) is 9.12. The van der Waals surface area contributed by atoms with Crippen LogP contribution < -0.4 is 5.32 Å². The topological polar surface area (TPSA) is 68.1 Å².